The zero-order chi connectivity index (χ0) is 19.3. The molecular formula is C23H16N2O2S. The number of nitrogens with zero attached hydrogens (tertiary/aromatic N) is 1. The third-order valence-electron chi connectivity index (χ3n) is 4.25. The van der Waals surface area contributed by atoms with Crippen molar-refractivity contribution in [2.24, 2.45) is 0 Å². The van der Waals surface area contributed by atoms with Crippen LogP contribution >= 0.6 is 11.8 Å². The highest BCUT2D eigenvalue weighted by atomic mass is 32.2. The molecular weight excluding hydrogens is 368 g/mol. The van der Waals surface area contributed by atoms with Crippen LogP contribution in [0.3, 0.4) is 0 Å². The van der Waals surface area contributed by atoms with Crippen molar-refractivity contribution in [1.82, 2.24) is 4.98 Å². The average molecular weight is 384 g/mol. The van der Waals surface area contributed by atoms with Crippen molar-refractivity contribution < 1.29 is 4.74 Å². The van der Waals surface area contributed by atoms with E-state index in [1.54, 1.807) is 6.07 Å². The molecule has 0 saturated heterocycles. The lowest BCUT2D eigenvalue weighted by Gasteiger charge is -2.09. The second kappa shape index (κ2) is 8.03. The van der Waals surface area contributed by atoms with Gasteiger partial charge in [-0.2, -0.15) is 5.26 Å². The van der Waals surface area contributed by atoms with E-state index in [0.29, 0.717) is 33.2 Å². The highest BCUT2D eigenvalue weighted by molar-refractivity contribution is 7.98. The summed E-state index contributed by atoms with van der Waals surface area (Å²) in [5.74, 6) is 1.92. The van der Waals surface area contributed by atoms with Gasteiger partial charge in [-0.3, -0.25) is 4.79 Å². The van der Waals surface area contributed by atoms with Gasteiger partial charge in [0.25, 0.3) is 0 Å². The largest absolute Gasteiger partial charge is 0.457 e. The van der Waals surface area contributed by atoms with Gasteiger partial charge in [-0.15, -0.1) is 11.8 Å². The number of nitrogens with one attached hydrogen (secondary N) is 1. The fraction of sp³-hybridized carbons (Fsp3) is 0.0435. The molecule has 28 heavy (non-hydrogen) atoms. The monoisotopic (exact) mass is 384 g/mol. The molecule has 1 heterocycles. The highest BCUT2D eigenvalue weighted by Crippen LogP contribution is 2.28. The molecule has 0 amide bonds. The maximum absolute atomic E-state index is 12.9. The number of nitriles is 1. The molecule has 1 N–H and O–H groups in total. The predicted octanol–water partition coefficient (Wildman–Crippen LogP) is 5.48. The van der Waals surface area contributed by atoms with E-state index in [2.05, 4.69) is 11.1 Å². The molecule has 0 aliphatic rings. The number of benzene rings is 3. The van der Waals surface area contributed by atoms with Crippen molar-refractivity contribution in [3.8, 4) is 17.6 Å². The lowest BCUT2D eigenvalue weighted by atomic mass is 10.1. The third-order valence-corrected chi connectivity index (χ3v) is 5.33. The fourth-order valence-corrected chi connectivity index (χ4v) is 3.84. The van der Waals surface area contributed by atoms with Gasteiger partial charge in [0.1, 0.15) is 23.1 Å². The molecule has 4 nitrogen and oxygen atoms in total. The van der Waals surface area contributed by atoms with E-state index in [0.717, 1.165) is 5.56 Å². The zero-order valence-electron chi connectivity index (χ0n) is 14.9. The molecule has 0 radical (unpaired) electrons. The van der Waals surface area contributed by atoms with Crippen LogP contribution in [-0.2, 0) is 5.75 Å². The first-order chi connectivity index (χ1) is 13.7. The first-order valence-corrected chi connectivity index (χ1v) is 9.73. The Morgan fingerprint density at radius 1 is 0.929 bits per heavy atom. The van der Waals surface area contributed by atoms with Crippen LogP contribution in [0.2, 0.25) is 0 Å². The van der Waals surface area contributed by atoms with Gasteiger partial charge in [0.05, 0.1) is 15.9 Å². The molecule has 4 rings (SSSR count). The van der Waals surface area contributed by atoms with Gasteiger partial charge in [-0.05, 0) is 35.9 Å². The van der Waals surface area contributed by atoms with E-state index in [1.165, 1.54) is 11.8 Å². The summed E-state index contributed by atoms with van der Waals surface area (Å²) in [5, 5.41) is 10.6. The molecule has 0 saturated carbocycles. The van der Waals surface area contributed by atoms with Crippen LogP contribution in [0.1, 0.15) is 11.1 Å². The lowest BCUT2D eigenvalue weighted by molar-refractivity contribution is 0.483. The summed E-state index contributed by atoms with van der Waals surface area (Å²) in [7, 11) is 0. The molecule has 136 valence electrons. The predicted molar refractivity (Wildman–Crippen MR) is 112 cm³/mol. The van der Waals surface area contributed by atoms with Crippen molar-refractivity contribution in [2.45, 2.75) is 10.8 Å². The summed E-state index contributed by atoms with van der Waals surface area (Å²) >= 11 is 1.45. The van der Waals surface area contributed by atoms with Crippen molar-refractivity contribution in [3.05, 3.63) is 100 Å². The maximum atomic E-state index is 12.9. The van der Waals surface area contributed by atoms with E-state index < -0.39 is 0 Å². The second-order valence-electron chi connectivity index (χ2n) is 6.17. The normalized spacial score (nSPS) is 10.5. The van der Waals surface area contributed by atoms with Gasteiger partial charge >= 0.3 is 0 Å². The standard InChI is InChI=1S/C23H16N2O2S/c24-14-20-22(26)19-13-18(27-17-9-5-2-6-10-17)11-12-21(19)25-23(20)28-15-16-7-3-1-4-8-16/h1-13H,15H2,(H,25,26). The Morgan fingerprint density at radius 2 is 1.64 bits per heavy atom. The highest BCUT2D eigenvalue weighted by Gasteiger charge is 2.13. The van der Waals surface area contributed by atoms with E-state index in [9.17, 15) is 10.1 Å². The van der Waals surface area contributed by atoms with E-state index in [1.807, 2.05) is 72.8 Å². The number of pyridine rings is 1. The first-order valence-electron chi connectivity index (χ1n) is 8.74. The maximum Gasteiger partial charge on any atom is 0.208 e. The molecule has 3 aromatic carbocycles. The van der Waals surface area contributed by atoms with E-state index in [4.69, 9.17) is 4.74 Å². The molecule has 4 aromatic rings. The molecule has 0 bridgehead atoms. The number of ether oxygens (including phenoxy) is 1. The second-order valence-corrected chi connectivity index (χ2v) is 7.15. The van der Waals surface area contributed by atoms with Crippen LogP contribution in [0.5, 0.6) is 11.5 Å². The number of aromatic nitrogens is 1. The molecule has 0 aliphatic carbocycles. The molecule has 1 aromatic heterocycles. The smallest absolute Gasteiger partial charge is 0.208 e. The van der Waals surface area contributed by atoms with Crippen molar-refractivity contribution in [1.29, 1.82) is 5.26 Å². The fourth-order valence-electron chi connectivity index (χ4n) is 2.87. The number of aromatic amines is 1. The van der Waals surface area contributed by atoms with Gasteiger partial charge in [0.2, 0.25) is 5.43 Å². The van der Waals surface area contributed by atoms with Crippen LogP contribution in [0.25, 0.3) is 10.9 Å². The van der Waals surface area contributed by atoms with Crippen LogP contribution in [0.4, 0.5) is 0 Å². The SMILES string of the molecule is N#Cc1c(SCc2ccccc2)[nH]c2ccc(Oc3ccccc3)cc2c1=O. The summed E-state index contributed by atoms with van der Waals surface area (Å²) in [6, 6.07) is 26.7. The number of H-pyrrole nitrogens is 1. The van der Waals surface area contributed by atoms with Crippen molar-refractivity contribution >= 4 is 22.7 Å². The number of hydrogen-bond acceptors (Lipinski definition) is 4. The summed E-state index contributed by atoms with van der Waals surface area (Å²) in [6.07, 6.45) is 0. The van der Waals surface area contributed by atoms with Gasteiger partial charge in [0.15, 0.2) is 0 Å². The Balaban J connectivity index is 1.68. The average Bonchev–Trinajstić information content (AvgIpc) is 2.74. The van der Waals surface area contributed by atoms with E-state index >= 15 is 0 Å². The minimum Gasteiger partial charge on any atom is -0.457 e. The number of hydrogen-bond donors (Lipinski definition) is 1. The Kier molecular flexibility index (Phi) is 5.14. The molecule has 0 spiro atoms. The first kappa shape index (κ1) is 17.9. The zero-order valence-corrected chi connectivity index (χ0v) is 15.7. The Hall–Kier alpha value is -3.49. The van der Waals surface area contributed by atoms with Gasteiger partial charge in [-0.25, -0.2) is 0 Å². The summed E-state index contributed by atoms with van der Waals surface area (Å²) in [6.45, 7) is 0. The number of para-hydroxylation sites is 1. The molecule has 5 heteroatoms. The number of rotatable bonds is 5. The lowest BCUT2D eigenvalue weighted by Crippen LogP contribution is -2.10. The molecule has 0 unspecified atom stereocenters. The Labute approximate surface area is 166 Å². The van der Waals surface area contributed by atoms with Gasteiger partial charge in [0, 0.05) is 5.75 Å². The Morgan fingerprint density at radius 3 is 2.36 bits per heavy atom. The topological polar surface area (TPSA) is 65.9 Å². The number of thioether (sulfide) groups is 1. The van der Waals surface area contributed by atoms with Crippen LogP contribution in [0, 0.1) is 11.3 Å². The van der Waals surface area contributed by atoms with Crippen molar-refractivity contribution in [3.63, 3.8) is 0 Å². The summed E-state index contributed by atoms with van der Waals surface area (Å²) in [4.78, 5) is 16.1. The number of fused-ring (bicyclic) bond motifs is 1. The van der Waals surface area contributed by atoms with Gasteiger partial charge < -0.3 is 9.72 Å². The van der Waals surface area contributed by atoms with Crippen molar-refractivity contribution in [2.75, 3.05) is 0 Å². The molecule has 0 atom stereocenters. The molecule has 0 aliphatic heterocycles. The molecule has 0 fully saturated rings. The van der Waals surface area contributed by atoms with Gasteiger partial charge in [-0.1, -0.05) is 48.5 Å². The summed E-state index contributed by atoms with van der Waals surface area (Å²) in [5.41, 5.74) is 1.65. The van der Waals surface area contributed by atoms with E-state index in [-0.39, 0.29) is 11.0 Å². The van der Waals surface area contributed by atoms with Crippen LogP contribution in [-0.4, -0.2) is 4.98 Å². The minimum atomic E-state index is -0.287. The minimum absolute atomic E-state index is 0.130. The Bertz CT molecular complexity index is 1210. The quantitative estimate of drug-likeness (QED) is 0.462. The van der Waals surface area contributed by atoms with Crippen LogP contribution in [0.15, 0.2) is 88.7 Å². The third kappa shape index (κ3) is 3.78. The van der Waals surface area contributed by atoms with Crippen LogP contribution < -0.4 is 10.2 Å². The summed E-state index contributed by atoms with van der Waals surface area (Å²) < 4.78 is 5.81.